The van der Waals surface area contributed by atoms with Gasteiger partial charge in [-0.2, -0.15) is 0 Å². The van der Waals surface area contributed by atoms with Crippen molar-refractivity contribution in [2.75, 3.05) is 4.90 Å². The highest BCUT2D eigenvalue weighted by molar-refractivity contribution is 9.10. The van der Waals surface area contributed by atoms with E-state index in [0.29, 0.717) is 11.3 Å². The van der Waals surface area contributed by atoms with Gasteiger partial charge in [0.15, 0.2) is 0 Å². The molecular weight excluding hydrogens is 320 g/mol. The summed E-state index contributed by atoms with van der Waals surface area (Å²) in [7, 11) is 0. The third-order valence-electron chi connectivity index (χ3n) is 3.17. The highest BCUT2D eigenvalue weighted by Crippen LogP contribution is 2.36. The Balaban J connectivity index is 2.03. The fourth-order valence-electron chi connectivity index (χ4n) is 2.18. The molecule has 4 nitrogen and oxygen atoms in total. The molecule has 0 bridgehead atoms. The summed E-state index contributed by atoms with van der Waals surface area (Å²) in [6.45, 7) is 0. The van der Waals surface area contributed by atoms with E-state index < -0.39 is 10.5 Å². The van der Waals surface area contributed by atoms with Crippen molar-refractivity contribution in [3.63, 3.8) is 0 Å². The summed E-state index contributed by atoms with van der Waals surface area (Å²) in [5, 5.41) is 2.70. The largest absolute Gasteiger partial charge is 0.330 e. The van der Waals surface area contributed by atoms with Crippen LogP contribution in [0, 0.1) is 0 Å². The van der Waals surface area contributed by atoms with Gasteiger partial charge in [0.1, 0.15) is 0 Å². The summed E-state index contributed by atoms with van der Waals surface area (Å²) >= 11 is 3.37. The van der Waals surface area contributed by atoms with Crippen LogP contribution in [0.1, 0.15) is 5.56 Å². The number of benzene rings is 2. The lowest BCUT2D eigenvalue weighted by atomic mass is 10.1. The number of nitrogens with one attached hydrogen (secondary N) is 1. The molecule has 2 aromatic carbocycles. The minimum absolute atomic E-state index is 0.347. The molecule has 1 unspecified atom stereocenters. The van der Waals surface area contributed by atoms with Gasteiger partial charge < -0.3 is 5.32 Å². The monoisotopic (exact) mass is 330 g/mol. The van der Waals surface area contributed by atoms with Crippen molar-refractivity contribution < 1.29 is 9.59 Å². The van der Waals surface area contributed by atoms with Crippen molar-refractivity contribution in [1.29, 1.82) is 0 Å². The lowest BCUT2D eigenvalue weighted by molar-refractivity contribution is -0.119. The molecule has 3 amide bonds. The number of anilines is 1. The summed E-state index contributed by atoms with van der Waals surface area (Å²) in [4.78, 5) is 25.9. The van der Waals surface area contributed by atoms with Crippen molar-refractivity contribution >= 4 is 33.6 Å². The molecule has 2 aromatic rings. The number of para-hydroxylation sites is 1. The summed E-state index contributed by atoms with van der Waals surface area (Å²) < 4.78 is -1.21. The summed E-state index contributed by atoms with van der Waals surface area (Å²) in [6, 6.07) is 17.5. The molecule has 1 N–H and O–H groups in total. The Labute approximate surface area is 124 Å². The molecular formula is C15H11BrN2O2. The highest BCUT2D eigenvalue weighted by Gasteiger charge is 2.51. The maximum Gasteiger partial charge on any atom is 0.330 e. The Hall–Kier alpha value is -2.14. The van der Waals surface area contributed by atoms with Gasteiger partial charge in [-0.1, -0.05) is 48.5 Å². The van der Waals surface area contributed by atoms with Gasteiger partial charge in [-0.25, -0.2) is 9.69 Å². The smallest absolute Gasteiger partial charge is 0.310 e. The first kappa shape index (κ1) is 12.9. The van der Waals surface area contributed by atoms with Gasteiger partial charge in [0.05, 0.1) is 5.69 Å². The van der Waals surface area contributed by atoms with Crippen LogP contribution in [0.2, 0.25) is 0 Å². The average molecular weight is 331 g/mol. The second kappa shape index (κ2) is 4.76. The first-order valence-corrected chi connectivity index (χ1v) is 6.88. The van der Waals surface area contributed by atoms with Crippen LogP contribution >= 0.6 is 15.9 Å². The molecule has 100 valence electrons. The Morgan fingerprint density at radius 2 is 1.45 bits per heavy atom. The van der Waals surface area contributed by atoms with Crippen LogP contribution in [0.4, 0.5) is 10.5 Å². The van der Waals surface area contributed by atoms with Crippen LogP contribution in [-0.2, 0) is 9.24 Å². The standard InChI is InChI=1S/C15H11BrN2O2/c16-15(11-7-3-1-4-8-11)13(19)18(14(20)17-15)12-9-5-2-6-10-12/h1-10H,(H,17,20). The van der Waals surface area contributed by atoms with Gasteiger partial charge in [0.2, 0.25) is 4.45 Å². The van der Waals surface area contributed by atoms with Crippen LogP contribution in [0.5, 0.6) is 0 Å². The molecule has 1 aliphatic heterocycles. The van der Waals surface area contributed by atoms with Crippen molar-refractivity contribution in [2.24, 2.45) is 0 Å². The number of hydrogen-bond acceptors (Lipinski definition) is 2. The van der Waals surface area contributed by atoms with E-state index in [2.05, 4.69) is 21.2 Å². The fourth-order valence-corrected chi connectivity index (χ4v) is 2.79. The Morgan fingerprint density at radius 1 is 0.900 bits per heavy atom. The van der Waals surface area contributed by atoms with E-state index in [1.165, 1.54) is 0 Å². The van der Waals surface area contributed by atoms with E-state index in [1.807, 2.05) is 24.3 Å². The van der Waals surface area contributed by atoms with Gasteiger partial charge in [-0.3, -0.25) is 4.79 Å². The summed E-state index contributed by atoms with van der Waals surface area (Å²) in [5.41, 5.74) is 1.24. The number of rotatable bonds is 2. The van der Waals surface area contributed by atoms with Crippen molar-refractivity contribution in [1.82, 2.24) is 5.32 Å². The number of carbonyl (C=O) groups is 2. The van der Waals surface area contributed by atoms with Crippen LogP contribution in [0.15, 0.2) is 60.7 Å². The summed E-state index contributed by atoms with van der Waals surface area (Å²) in [5.74, 6) is -0.347. The molecule has 1 atom stereocenters. The van der Waals surface area contributed by atoms with Crippen molar-refractivity contribution in [3.05, 3.63) is 66.2 Å². The van der Waals surface area contributed by atoms with E-state index in [0.717, 1.165) is 4.90 Å². The van der Waals surface area contributed by atoms with Gasteiger partial charge in [-0.15, -0.1) is 0 Å². The predicted molar refractivity (Wildman–Crippen MR) is 79.5 cm³/mol. The fraction of sp³-hybridized carbons (Fsp3) is 0.0667. The number of amides is 3. The zero-order valence-electron chi connectivity index (χ0n) is 10.4. The van der Waals surface area contributed by atoms with E-state index in [4.69, 9.17) is 0 Å². The quantitative estimate of drug-likeness (QED) is 0.522. The Bertz CT molecular complexity index is 660. The number of alkyl halides is 1. The molecule has 1 aliphatic rings. The molecule has 3 rings (SSSR count). The second-order valence-electron chi connectivity index (χ2n) is 4.43. The Morgan fingerprint density at radius 3 is 2.05 bits per heavy atom. The van der Waals surface area contributed by atoms with E-state index in [1.54, 1.807) is 36.4 Å². The lowest BCUT2D eigenvalue weighted by Crippen LogP contribution is -2.37. The number of halogens is 1. The lowest BCUT2D eigenvalue weighted by Gasteiger charge is -2.20. The number of imide groups is 1. The second-order valence-corrected chi connectivity index (χ2v) is 5.62. The van der Waals surface area contributed by atoms with Crippen molar-refractivity contribution in [2.45, 2.75) is 4.45 Å². The van der Waals surface area contributed by atoms with E-state index in [-0.39, 0.29) is 5.91 Å². The SMILES string of the molecule is O=C1NC(Br)(c2ccccc2)C(=O)N1c1ccccc1. The predicted octanol–water partition coefficient (Wildman–Crippen LogP) is 2.99. The molecule has 0 saturated carbocycles. The third kappa shape index (κ3) is 1.91. The molecule has 0 radical (unpaired) electrons. The van der Waals surface area contributed by atoms with Crippen LogP contribution in [0.25, 0.3) is 0 Å². The first-order chi connectivity index (χ1) is 9.63. The number of urea groups is 1. The van der Waals surface area contributed by atoms with E-state index >= 15 is 0 Å². The number of nitrogens with zero attached hydrogens (tertiary/aromatic N) is 1. The van der Waals surface area contributed by atoms with Crippen LogP contribution < -0.4 is 10.2 Å². The maximum absolute atomic E-state index is 12.6. The third-order valence-corrected chi connectivity index (χ3v) is 4.16. The number of hydrogen-bond donors (Lipinski definition) is 1. The molecule has 1 heterocycles. The van der Waals surface area contributed by atoms with Crippen molar-refractivity contribution in [3.8, 4) is 0 Å². The zero-order chi connectivity index (χ0) is 14.2. The van der Waals surface area contributed by atoms with Gasteiger partial charge in [0, 0.05) is 0 Å². The average Bonchev–Trinajstić information content (AvgIpc) is 2.72. The Kier molecular flexibility index (Phi) is 3.06. The first-order valence-electron chi connectivity index (χ1n) is 6.09. The molecule has 20 heavy (non-hydrogen) atoms. The zero-order valence-corrected chi connectivity index (χ0v) is 12.0. The normalized spacial score (nSPS) is 21.9. The van der Waals surface area contributed by atoms with Crippen LogP contribution in [-0.4, -0.2) is 11.9 Å². The molecule has 1 fully saturated rings. The van der Waals surface area contributed by atoms with Gasteiger partial charge in [-0.05, 0) is 33.6 Å². The number of carbonyl (C=O) groups excluding carboxylic acids is 2. The van der Waals surface area contributed by atoms with E-state index in [9.17, 15) is 9.59 Å². The minimum atomic E-state index is -1.21. The molecule has 0 spiro atoms. The highest BCUT2D eigenvalue weighted by atomic mass is 79.9. The van der Waals surface area contributed by atoms with Crippen LogP contribution in [0.3, 0.4) is 0 Å². The molecule has 5 heteroatoms. The topological polar surface area (TPSA) is 49.4 Å². The van der Waals surface area contributed by atoms with Gasteiger partial charge >= 0.3 is 6.03 Å². The molecule has 1 saturated heterocycles. The molecule has 0 aromatic heterocycles. The molecule has 0 aliphatic carbocycles. The maximum atomic E-state index is 12.6. The van der Waals surface area contributed by atoms with Gasteiger partial charge in [0.25, 0.3) is 5.91 Å². The minimum Gasteiger partial charge on any atom is -0.310 e. The summed E-state index contributed by atoms with van der Waals surface area (Å²) in [6.07, 6.45) is 0.